The quantitative estimate of drug-likeness (QED) is 0.766. The van der Waals surface area contributed by atoms with Crippen molar-refractivity contribution >= 4 is 0 Å². The Kier molecular flexibility index (Phi) is 4.00. The normalized spacial score (nSPS) is 17.4. The van der Waals surface area contributed by atoms with E-state index in [1.54, 1.807) is 0 Å². The molecular weight excluding hydrogens is 194 g/mol. The van der Waals surface area contributed by atoms with Crippen LogP contribution in [0, 0.1) is 5.92 Å². The molecule has 1 aromatic carbocycles. The van der Waals surface area contributed by atoms with Crippen LogP contribution in [0.25, 0.3) is 0 Å². The summed E-state index contributed by atoms with van der Waals surface area (Å²) in [4.78, 5) is 0. The van der Waals surface area contributed by atoms with Gasteiger partial charge in [0.25, 0.3) is 0 Å². The second-order valence-corrected chi connectivity index (χ2v) is 4.86. The van der Waals surface area contributed by atoms with E-state index in [-0.39, 0.29) is 0 Å². The van der Waals surface area contributed by atoms with E-state index in [4.69, 9.17) is 0 Å². The highest BCUT2D eigenvalue weighted by atomic mass is 14.9. The molecule has 0 radical (unpaired) electrons. The summed E-state index contributed by atoms with van der Waals surface area (Å²) in [6, 6.07) is 9.77. The average molecular weight is 217 g/mol. The average Bonchev–Trinajstić information content (AvgIpc) is 3.15. The molecule has 0 saturated heterocycles. The first-order chi connectivity index (χ1) is 7.85. The van der Waals surface area contributed by atoms with Gasteiger partial charge in [0.2, 0.25) is 0 Å². The lowest BCUT2D eigenvalue weighted by Gasteiger charge is -2.18. The molecule has 0 aromatic heterocycles. The Morgan fingerprint density at radius 1 is 1.19 bits per heavy atom. The van der Waals surface area contributed by atoms with E-state index in [1.807, 2.05) is 0 Å². The van der Waals surface area contributed by atoms with Crippen LogP contribution in [0.2, 0.25) is 0 Å². The van der Waals surface area contributed by atoms with Crippen LogP contribution in [0.3, 0.4) is 0 Å². The molecule has 1 atom stereocenters. The predicted molar refractivity (Wildman–Crippen MR) is 69.6 cm³/mol. The van der Waals surface area contributed by atoms with Crippen LogP contribution in [-0.4, -0.2) is 6.54 Å². The molecule has 0 amide bonds. The predicted octanol–water partition coefficient (Wildman–Crippen LogP) is 3.70. The zero-order valence-electron chi connectivity index (χ0n) is 10.5. The molecule has 1 unspecified atom stereocenters. The summed E-state index contributed by atoms with van der Waals surface area (Å²) in [6.07, 6.45) is 5.15. The largest absolute Gasteiger partial charge is 0.310 e. The van der Waals surface area contributed by atoms with Crippen LogP contribution in [0.1, 0.15) is 50.3 Å². The van der Waals surface area contributed by atoms with Crippen molar-refractivity contribution < 1.29 is 0 Å². The summed E-state index contributed by atoms with van der Waals surface area (Å²) >= 11 is 0. The van der Waals surface area contributed by atoms with E-state index in [0.29, 0.717) is 6.04 Å². The highest BCUT2D eigenvalue weighted by Crippen LogP contribution is 2.40. The van der Waals surface area contributed by atoms with E-state index in [0.717, 1.165) is 18.9 Å². The standard InChI is InChI=1S/C15H23N/c1-3-11-16-15(14-9-10-14)13-7-5-12(4-2)6-8-13/h5-8,14-16H,3-4,9-11H2,1-2H3. The van der Waals surface area contributed by atoms with Gasteiger partial charge in [-0.05, 0) is 49.3 Å². The van der Waals surface area contributed by atoms with Gasteiger partial charge in [-0.1, -0.05) is 38.1 Å². The molecule has 2 rings (SSSR count). The molecule has 1 saturated carbocycles. The molecule has 1 fully saturated rings. The number of benzene rings is 1. The molecule has 1 nitrogen and oxygen atoms in total. The van der Waals surface area contributed by atoms with Gasteiger partial charge in [0, 0.05) is 6.04 Å². The molecule has 0 aliphatic heterocycles. The van der Waals surface area contributed by atoms with E-state index in [9.17, 15) is 0 Å². The fraction of sp³-hybridized carbons (Fsp3) is 0.600. The minimum atomic E-state index is 0.603. The van der Waals surface area contributed by atoms with Crippen molar-refractivity contribution in [2.45, 2.75) is 45.6 Å². The lowest BCUT2D eigenvalue weighted by atomic mass is 10.00. The van der Waals surface area contributed by atoms with Crippen LogP contribution in [0.4, 0.5) is 0 Å². The maximum absolute atomic E-state index is 3.69. The molecule has 1 aromatic rings. The maximum Gasteiger partial charge on any atom is 0.0348 e. The van der Waals surface area contributed by atoms with Gasteiger partial charge >= 0.3 is 0 Å². The third-order valence-electron chi connectivity index (χ3n) is 3.45. The Balaban J connectivity index is 2.05. The molecule has 0 heterocycles. The Bertz CT molecular complexity index is 311. The summed E-state index contributed by atoms with van der Waals surface area (Å²) in [5, 5.41) is 3.69. The fourth-order valence-corrected chi connectivity index (χ4v) is 2.25. The van der Waals surface area contributed by atoms with Gasteiger partial charge in [-0.3, -0.25) is 0 Å². The molecular formula is C15H23N. The lowest BCUT2D eigenvalue weighted by Crippen LogP contribution is -2.23. The molecule has 1 aliphatic rings. The Hall–Kier alpha value is -0.820. The van der Waals surface area contributed by atoms with Crippen molar-refractivity contribution in [3.63, 3.8) is 0 Å². The molecule has 16 heavy (non-hydrogen) atoms. The number of hydrogen-bond donors (Lipinski definition) is 1. The van der Waals surface area contributed by atoms with Crippen molar-refractivity contribution in [1.82, 2.24) is 5.32 Å². The topological polar surface area (TPSA) is 12.0 Å². The molecule has 88 valence electrons. The van der Waals surface area contributed by atoms with Crippen LogP contribution < -0.4 is 5.32 Å². The minimum Gasteiger partial charge on any atom is -0.310 e. The van der Waals surface area contributed by atoms with E-state index in [2.05, 4.69) is 43.4 Å². The molecule has 1 heteroatoms. The summed E-state index contributed by atoms with van der Waals surface area (Å²) < 4.78 is 0. The summed E-state index contributed by atoms with van der Waals surface area (Å²) in [5.41, 5.74) is 2.92. The van der Waals surface area contributed by atoms with Crippen molar-refractivity contribution in [2.75, 3.05) is 6.54 Å². The van der Waals surface area contributed by atoms with Gasteiger partial charge in [0.1, 0.15) is 0 Å². The number of nitrogens with one attached hydrogen (secondary N) is 1. The van der Waals surface area contributed by atoms with Crippen LogP contribution in [0.5, 0.6) is 0 Å². The lowest BCUT2D eigenvalue weighted by molar-refractivity contribution is 0.481. The maximum atomic E-state index is 3.69. The number of rotatable bonds is 6. The van der Waals surface area contributed by atoms with E-state index >= 15 is 0 Å². The highest BCUT2D eigenvalue weighted by molar-refractivity contribution is 5.26. The zero-order valence-corrected chi connectivity index (χ0v) is 10.5. The van der Waals surface area contributed by atoms with E-state index < -0.39 is 0 Å². The summed E-state index contributed by atoms with van der Waals surface area (Å²) in [7, 11) is 0. The summed E-state index contributed by atoms with van der Waals surface area (Å²) in [6.45, 7) is 5.58. The molecule has 1 N–H and O–H groups in total. The second kappa shape index (κ2) is 5.49. The monoisotopic (exact) mass is 217 g/mol. The Labute approximate surface area is 99.3 Å². The van der Waals surface area contributed by atoms with Crippen LogP contribution in [0.15, 0.2) is 24.3 Å². The van der Waals surface area contributed by atoms with Crippen molar-refractivity contribution in [3.05, 3.63) is 35.4 Å². The smallest absolute Gasteiger partial charge is 0.0348 e. The second-order valence-electron chi connectivity index (χ2n) is 4.86. The zero-order chi connectivity index (χ0) is 11.4. The van der Waals surface area contributed by atoms with Crippen molar-refractivity contribution in [3.8, 4) is 0 Å². The van der Waals surface area contributed by atoms with Gasteiger partial charge in [-0.25, -0.2) is 0 Å². The molecule has 0 spiro atoms. The molecule has 0 bridgehead atoms. The van der Waals surface area contributed by atoms with Gasteiger partial charge in [-0.2, -0.15) is 0 Å². The Morgan fingerprint density at radius 3 is 2.38 bits per heavy atom. The third-order valence-corrected chi connectivity index (χ3v) is 3.45. The number of aryl methyl sites for hydroxylation is 1. The molecule has 1 aliphatic carbocycles. The Morgan fingerprint density at radius 2 is 1.88 bits per heavy atom. The van der Waals surface area contributed by atoms with E-state index in [1.165, 1.54) is 30.4 Å². The van der Waals surface area contributed by atoms with Gasteiger partial charge < -0.3 is 5.32 Å². The first-order valence-corrected chi connectivity index (χ1v) is 6.67. The first kappa shape index (κ1) is 11.7. The van der Waals surface area contributed by atoms with Gasteiger partial charge in [0.05, 0.1) is 0 Å². The fourth-order valence-electron chi connectivity index (χ4n) is 2.25. The minimum absolute atomic E-state index is 0.603. The van der Waals surface area contributed by atoms with Crippen LogP contribution >= 0.6 is 0 Å². The third kappa shape index (κ3) is 2.85. The van der Waals surface area contributed by atoms with Crippen molar-refractivity contribution in [1.29, 1.82) is 0 Å². The van der Waals surface area contributed by atoms with Gasteiger partial charge in [-0.15, -0.1) is 0 Å². The van der Waals surface area contributed by atoms with Gasteiger partial charge in [0.15, 0.2) is 0 Å². The van der Waals surface area contributed by atoms with Crippen molar-refractivity contribution in [2.24, 2.45) is 5.92 Å². The summed E-state index contributed by atoms with van der Waals surface area (Å²) in [5.74, 6) is 0.888. The number of hydrogen-bond acceptors (Lipinski definition) is 1. The SMILES string of the molecule is CCCNC(c1ccc(CC)cc1)C1CC1. The first-order valence-electron chi connectivity index (χ1n) is 6.67. The highest BCUT2D eigenvalue weighted by Gasteiger charge is 2.31. The van der Waals surface area contributed by atoms with Crippen LogP contribution in [-0.2, 0) is 6.42 Å².